The van der Waals surface area contributed by atoms with Crippen LogP contribution in [0.4, 0.5) is 0 Å². The second-order valence-electron chi connectivity index (χ2n) is 3.64. The van der Waals surface area contributed by atoms with Gasteiger partial charge in [-0.2, -0.15) is 4.98 Å². The van der Waals surface area contributed by atoms with Crippen LogP contribution in [0, 0.1) is 0 Å². The van der Waals surface area contributed by atoms with Gasteiger partial charge in [0.2, 0.25) is 11.7 Å². The first-order valence-corrected chi connectivity index (χ1v) is 5.29. The lowest BCUT2D eigenvalue weighted by Crippen LogP contribution is -2.00. The highest BCUT2D eigenvalue weighted by molar-refractivity contribution is 5.51. The minimum absolute atomic E-state index is 0.351. The number of rotatable bonds is 4. The molecule has 0 radical (unpaired) electrons. The molecule has 8 nitrogen and oxygen atoms in total. The fraction of sp³-hybridized carbons (Fsp3) is 0.200. The van der Waals surface area contributed by atoms with Crippen LogP contribution in [0.3, 0.4) is 0 Å². The van der Waals surface area contributed by atoms with Crippen LogP contribution < -0.4 is 5.73 Å². The molecule has 0 bridgehead atoms. The molecule has 92 valence electrons. The molecule has 8 heteroatoms. The molecule has 0 amide bonds. The van der Waals surface area contributed by atoms with Gasteiger partial charge in [0.25, 0.3) is 0 Å². The molecule has 0 unspecified atom stereocenters. The van der Waals surface area contributed by atoms with E-state index in [0.29, 0.717) is 30.5 Å². The maximum atomic E-state index is 5.45. The fourth-order valence-electron chi connectivity index (χ4n) is 1.48. The highest BCUT2D eigenvalue weighted by Gasteiger charge is 2.10. The van der Waals surface area contributed by atoms with Gasteiger partial charge in [0, 0.05) is 6.54 Å². The fourth-order valence-corrected chi connectivity index (χ4v) is 1.48. The lowest BCUT2D eigenvalue weighted by molar-refractivity contribution is 0.364. The van der Waals surface area contributed by atoms with E-state index in [9.17, 15) is 0 Å². The molecule has 3 aromatic rings. The van der Waals surface area contributed by atoms with E-state index >= 15 is 0 Å². The third-order valence-electron chi connectivity index (χ3n) is 2.34. The molecule has 0 atom stereocenters. The average molecular weight is 246 g/mol. The average Bonchev–Trinajstić information content (AvgIpc) is 3.10. The predicted molar refractivity (Wildman–Crippen MR) is 59.0 cm³/mol. The molecule has 0 saturated carbocycles. The van der Waals surface area contributed by atoms with E-state index in [1.807, 2.05) is 0 Å². The summed E-state index contributed by atoms with van der Waals surface area (Å²) in [5.74, 6) is 0.928. The molecule has 3 rings (SSSR count). The molecule has 0 saturated heterocycles. The largest absolute Gasteiger partial charge is 0.472 e. The molecule has 3 heterocycles. The third-order valence-corrected chi connectivity index (χ3v) is 2.34. The van der Waals surface area contributed by atoms with Crippen molar-refractivity contribution in [1.82, 2.24) is 25.1 Å². The van der Waals surface area contributed by atoms with Crippen molar-refractivity contribution in [2.24, 2.45) is 5.73 Å². The Morgan fingerprint density at radius 1 is 1.39 bits per heavy atom. The van der Waals surface area contributed by atoms with Crippen molar-refractivity contribution in [3.8, 4) is 11.4 Å². The van der Waals surface area contributed by atoms with Gasteiger partial charge in [-0.05, 0) is 6.07 Å². The second kappa shape index (κ2) is 4.41. The van der Waals surface area contributed by atoms with Crippen LogP contribution in [0.15, 0.2) is 33.7 Å². The molecule has 0 aliphatic heterocycles. The molecular formula is C10H10N6O2. The van der Waals surface area contributed by atoms with E-state index in [1.54, 1.807) is 29.5 Å². The smallest absolute Gasteiger partial charge is 0.248 e. The highest BCUT2D eigenvalue weighted by Crippen LogP contribution is 2.15. The highest BCUT2D eigenvalue weighted by atomic mass is 16.5. The summed E-state index contributed by atoms with van der Waals surface area (Å²) in [7, 11) is 0. The van der Waals surface area contributed by atoms with Crippen molar-refractivity contribution in [2.45, 2.75) is 13.1 Å². The lowest BCUT2D eigenvalue weighted by atomic mass is 10.3. The molecule has 2 N–H and O–H groups in total. The number of nitrogens with zero attached hydrogens (tertiary/aromatic N) is 5. The van der Waals surface area contributed by atoms with Crippen molar-refractivity contribution in [3.63, 3.8) is 0 Å². The number of nitrogens with two attached hydrogens (primary N) is 1. The van der Waals surface area contributed by atoms with Crippen LogP contribution >= 0.6 is 0 Å². The third kappa shape index (κ3) is 2.00. The summed E-state index contributed by atoms with van der Waals surface area (Å²) in [6.45, 7) is 0.710. The maximum absolute atomic E-state index is 5.45. The molecule has 0 aliphatic rings. The Labute approximate surface area is 101 Å². The van der Waals surface area contributed by atoms with Crippen LogP contribution in [0.25, 0.3) is 11.4 Å². The van der Waals surface area contributed by atoms with E-state index in [0.717, 1.165) is 5.56 Å². The van der Waals surface area contributed by atoms with Crippen LogP contribution in [0.5, 0.6) is 0 Å². The van der Waals surface area contributed by atoms with Gasteiger partial charge in [-0.3, -0.25) is 0 Å². The summed E-state index contributed by atoms with van der Waals surface area (Å²) < 4.78 is 11.7. The van der Waals surface area contributed by atoms with Gasteiger partial charge in [-0.15, -0.1) is 5.10 Å². The lowest BCUT2D eigenvalue weighted by Gasteiger charge is -1.91. The summed E-state index contributed by atoms with van der Waals surface area (Å²) in [6.07, 6.45) is 4.84. The van der Waals surface area contributed by atoms with Crippen LogP contribution in [-0.2, 0) is 13.1 Å². The minimum Gasteiger partial charge on any atom is -0.472 e. The molecular weight excluding hydrogens is 236 g/mol. The monoisotopic (exact) mass is 246 g/mol. The van der Waals surface area contributed by atoms with E-state index < -0.39 is 0 Å². The van der Waals surface area contributed by atoms with E-state index in [4.69, 9.17) is 14.7 Å². The number of hydrogen-bond donors (Lipinski definition) is 1. The predicted octanol–water partition coefficient (Wildman–Crippen LogP) is 0.428. The Morgan fingerprint density at radius 2 is 2.33 bits per heavy atom. The van der Waals surface area contributed by atoms with Crippen molar-refractivity contribution in [1.29, 1.82) is 0 Å². The van der Waals surface area contributed by atoms with Crippen LogP contribution in [0.2, 0.25) is 0 Å². The zero-order chi connectivity index (χ0) is 12.4. The van der Waals surface area contributed by atoms with Crippen molar-refractivity contribution in [3.05, 3.63) is 36.4 Å². The summed E-state index contributed by atoms with van der Waals surface area (Å²) >= 11 is 0. The van der Waals surface area contributed by atoms with E-state index in [1.165, 1.54) is 0 Å². The molecule has 3 aromatic heterocycles. The van der Waals surface area contributed by atoms with Gasteiger partial charge in [0.15, 0.2) is 0 Å². The summed E-state index contributed by atoms with van der Waals surface area (Å²) in [6, 6.07) is 1.76. The van der Waals surface area contributed by atoms with Crippen molar-refractivity contribution in [2.75, 3.05) is 0 Å². The second-order valence-corrected chi connectivity index (χ2v) is 3.64. The van der Waals surface area contributed by atoms with E-state index in [-0.39, 0.29) is 0 Å². The van der Waals surface area contributed by atoms with Gasteiger partial charge < -0.3 is 14.7 Å². The Kier molecular flexibility index (Phi) is 2.61. The first-order chi connectivity index (χ1) is 8.85. The van der Waals surface area contributed by atoms with Gasteiger partial charge in [-0.1, -0.05) is 10.4 Å². The Balaban J connectivity index is 1.77. The standard InChI is InChI=1S/C10H10N6O2/c11-3-8-4-16(15-13-8)5-9-12-10(14-18-9)7-1-2-17-6-7/h1-2,4,6H,3,5,11H2. The maximum Gasteiger partial charge on any atom is 0.248 e. The normalized spacial score (nSPS) is 10.9. The van der Waals surface area contributed by atoms with Crippen LogP contribution in [-0.4, -0.2) is 25.1 Å². The Morgan fingerprint density at radius 3 is 3.06 bits per heavy atom. The van der Waals surface area contributed by atoms with Gasteiger partial charge in [0.05, 0.1) is 23.7 Å². The molecule has 0 fully saturated rings. The number of aromatic nitrogens is 5. The first-order valence-electron chi connectivity index (χ1n) is 5.29. The Bertz CT molecular complexity index is 626. The quantitative estimate of drug-likeness (QED) is 0.710. The van der Waals surface area contributed by atoms with Gasteiger partial charge in [-0.25, -0.2) is 4.68 Å². The zero-order valence-corrected chi connectivity index (χ0v) is 9.35. The first kappa shape index (κ1) is 10.7. The summed E-state index contributed by atoms with van der Waals surface area (Å²) in [5, 5.41) is 11.6. The van der Waals surface area contributed by atoms with Gasteiger partial charge >= 0.3 is 0 Å². The zero-order valence-electron chi connectivity index (χ0n) is 9.35. The minimum atomic E-state index is 0.351. The molecule has 0 aromatic carbocycles. The van der Waals surface area contributed by atoms with E-state index in [2.05, 4.69) is 20.5 Å². The SMILES string of the molecule is NCc1cn(Cc2nc(-c3ccoc3)no2)nn1. The molecule has 0 aliphatic carbocycles. The summed E-state index contributed by atoms with van der Waals surface area (Å²) in [4.78, 5) is 4.23. The van der Waals surface area contributed by atoms with Crippen molar-refractivity contribution < 1.29 is 8.94 Å². The van der Waals surface area contributed by atoms with Crippen LogP contribution in [0.1, 0.15) is 11.6 Å². The van der Waals surface area contributed by atoms with Crippen molar-refractivity contribution >= 4 is 0 Å². The topological polar surface area (TPSA) is 109 Å². The number of furan rings is 1. The molecule has 0 spiro atoms. The molecule has 18 heavy (non-hydrogen) atoms. The Hall–Kier alpha value is -2.48. The van der Waals surface area contributed by atoms with Gasteiger partial charge in [0.1, 0.15) is 12.8 Å². The number of hydrogen-bond acceptors (Lipinski definition) is 7. The summed E-state index contributed by atoms with van der Waals surface area (Å²) in [5.41, 5.74) is 6.93.